The van der Waals surface area contributed by atoms with Gasteiger partial charge in [-0.1, -0.05) is 49.3 Å². The fourth-order valence-corrected chi connectivity index (χ4v) is 3.65. The molecule has 2 heterocycles. The molecule has 7 nitrogen and oxygen atoms in total. The molecule has 31 heavy (non-hydrogen) atoms. The Balaban J connectivity index is 1.25. The van der Waals surface area contributed by atoms with Crippen LogP contribution in [0.3, 0.4) is 0 Å². The van der Waals surface area contributed by atoms with E-state index in [2.05, 4.69) is 44.6 Å². The Labute approximate surface area is 183 Å². The first kappa shape index (κ1) is 20.9. The van der Waals surface area contributed by atoms with Crippen LogP contribution in [0.4, 0.5) is 10.5 Å². The molecule has 1 N–H and O–H groups in total. The number of rotatable bonds is 6. The van der Waals surface area contributed by atoms with Crippen LogP contribution < -0.4 is 10.2 Å². The zero-order valence-electron chi connectivity index (χ0n) is 18.1. The summed E-state index contributed by atoms with van der Waals surface area (Å²) < 4.78 is 5.30. The van der Waals surface area contributed by atoms with Gasteiger partial charge >= 0.3 is 6.03 Å². The van der Waals surface area contributed by atoms with Gasteiger partial charge in [0.2, 0.25) is 11.7 Å². The summed E-state index contributed by atoms with van der Waals surface area (Å²) in [5.74, 6) is 1.48. The summed E-state index contributed by atoms with van der Waals surface area (Å²) in [7, 11) is 0. The molecule has 1 aliphatic heterocycles. The minimum absolute atomic E-state index is 0.0176. The molecule has 1 saturated heterocycles. The summed E-state index contributed by atoms with van der Waals surface area (Å²) in [5.41, 5.74) is 3.31. The fourth-order valence-electron chi connectivity index (χ4n) is 3.65. The first-order chi connectivity index (χ1) is 15.1. The molecule has 1 fully saturated rings. The predicted molar refractivity (Wildman–Crippen MR) is 121 cm³/mol. The van der Waals surface area contributed by atoms with E-state index < -0.39 is 0 Å². The van der Waals surface area contributed by atoms with Crippen molar-refractivity contribution in [3.05, 3.63) is 66.1 Å². The van der Waals surface area contributed by atoms with E-state index in [0.717, 1.165) is 30.8 Å². The Morgan fingerprint density at radius 3 is 2.39 bits per heavy atom. The van der Waals surface area contributed by atoms with Crippen LogP contribution in [0.25, 0.3) is 11.4 Å². The number of piperazine rings is 1. The van der Waals surface area contributed by atoms with Gasteiger partial charge in [0.05, 0.1) is 0 Å². The average Bonchev–Trinajstić information content (AvgIpc) is 3.31. The number of carbonyl (C=O) groups excluding carboxylic acids is 1. The lowest BCUT2D eigenvalue weighted by molar-refractivity contribution is 0.194. The van der Waals surface area contributed by atoms with Gasteiger partial charge in [-0.05, 0) is 36.2 Å². The SMILES string of the molecule is CC(C)c1nc(-c2ccc(N3CCN(C(=O)NCCc4ccccc4)CC3)cc2)no1. The molecule has 7 heteroatoms. The lowest BCUT2D eigenvalue weighted by atomic mass is 10.1. The van der Waals surface area contributed by atoms with E-state index >= 15 is 0 Å². The van der Waals surface area contributed by atoms with Gasteiger partial charge < -0.3 is 19.6 Å². The Kier molecular flexibility index (Phi) is 6.50. The van der Waals surface area contributed by atoms with Crippen LogP contribution in [0.1, 0.15) is 31.2 Å². The second kappa shape index (κ2) is 9.64. The largest absolute Gasteiger partial charge is 0.368 e. The predicted octanol–water partition coefficient (Wildman–Crippen LogP) is 3.93. The monoisotopic (exact) mass is 419 g/mol. The molecule has 4 rings (SSSR count). The quantitative estimate of drug-likeness (QED) is 0.655. The van der Waals surface area contributed by atoms with Crippen molar-refractivity contribution < 1.29 is 9.32 Å². The highest BCUT2D eigenvalue weighted by Crippen LogP contribution is 2.23. The van der Waals surface area contributed by atoms with Gasteiger partial charge in [-0.25, -0.2) is 4.79 Å². The summed E-state index contributed by atoms with van der Waals surface area (Å²) in [6, 6.07) is 18.4. The van der Waals surface area contributed by atoms with E-state index in [0.29, 0.717) is 31.3 Å². The van der Waals surface area contributed by atoms with Gasteiger partial charge in [0.25, 0.3) is 0 Å². The minimum Gasteiger partial charge on any atom is -0.368 e. The number of nitrogens with one attached hydrogen (secondary N) is 1. The van der Waals surface area contributed by atoms with E-state index in [1.54, 1.807) is 0 Å². The summed E-state index contributed by atoms with van der Waals surface area (Å²) in [4.78, 5) is 21.1. The van der Waals surface area contributed by atoms with Crippen LogP contribution in [0.15, 0.2) is 59.1 Å². The van der Waals surface area contributed by atoms with E-state index in [-0.39, 0.29) is 11.9 Å². The van der Waals surface area contributed by atoms with E-state index in [1.165, 1.54) is 5.56 Å². The van der Waals surface area contributed by atoms with Crippen LogP contribution in [0, 0.1) is 0 Å². The number of amides is 2. The van der Waals surface area contributed by atoms with Gasteiger partial charge in [0.15, 0.2) is 0 Å². The second-order valence-electron chi connectivity index (χ2n) is 8.10. The summed E-state index contributed by atoms with van der Waals surface area (Å²) in [6.07, 6.45) is 0.845. The standard InChI is InChI=1S/C24H29N5O2/c1-18(2)23-26-22(27-31-23)20-8-10-21(11-9-20)28-14-16-29(17-15-28)24(30)25-13-12-19-6-4-3-5-7-19/h3-11,18H,12-17H2,1-2H3,(H,25,30). The summed E-state index contributed by atoms with van der Waals surface area (Å²) in [5, 5.41) is 7.11. The number of hydrogen-bond acceptors (Lipinski definition) is 5. The van der Waals surface area contributed by atoms with Crippen molar-refractivity contribution in [3.63, 3.8) is 0 Å². The molecular formula is C24H29N5O2. The maximum Gasteiger partial charge on any atom is 0.317 e. The molecule has 1 aliphatic rings. The van der Waals surface area contributed by atoms with Gasteiger partial charge in [0.1, 0.15) is 0 Å². The molecule has 0 spiro atoms. The second-order valence-corrected chi connectivity index (χ2v) is 8.10. The van der Waals surface area contributed by atoms with Crippen LogP contribution in [0.5, 0.6) is 0 Å². The molecule has 0 radical (unpaired) electrons. The van der Waals surface area contributed by atoms with Crippen LogP contribution in [0.2, 0.25) is 0 Å². The molecular weight excluding hydrogens is 390 g/mol. The highest BCUT2D eigenvalue weighted by atomic mass is 16.5. The van der Waals surface area contributed by atoms with Crippen LogP contribution in [-0.4, -0.2) is 53.8 Å². The molecule has 162 valence electrons. The number of aromatic nitrogens is 2. The molecule has 0 saturated carbocycles. The van der Waals surface area contributed by atoms with Crippen molar-refractivity contribution in [3.8, 4) is 11.4 Å². The van der Waals surface area contributed by atoms with Crippen molar-refractivity contribution in [2.75, 3.05) is 37.6 Å². The van der Waals surface area contributed by atoms with Crippen molar-refractivity contribution >= 4 is 11.7 Å². The zero-order valence-corrected chi connectivity index (χ0v) is 18.1. The van der Waals surface area contributed by atoms with Gasteiger partial charge in [-0.3, -0.25) is 0 Å². The van der Waals surface area contributed by atoms with Gasteiger partial charge in [-0.2, -0.15) is 4.98 Å². The Morgan fingerprint density at radius 2 is 1.74 bits per heavy atom. The molecule has 1 aromatic heterocycles. The molecule has 0 aliphatic carbocycles. The normalized spacial score (nSPS) is 14.2. The summed E-state index contributed by atoms with van der Waals surface area (Å²) in [6.45, 7) is 7.76. The van der Waals surface area contributed by atoms with Crippen molar-refractivity contribution in [1.82, 2.24) is 20.4 Å². The highest BCUT2D eigenvalue weighted by Gasteiger charge is 2.21. The fraction of sp³-hybridized carbons (Fsp3) is 0.375. The number of hydrogen-bond donors (Lipinski definition) is 1. The Hall–Kier alpha value is -3.35. The number of nitrogens with zero attached hydrogens (tertiary/aromatic N) is 4. The molecule has 3 aromatic rings. The van der Waals surface area contributed by atoms with E-state index in [9.17, 15) is 4.79 Å². The molecule has 2 aromatic carbocycles. The maximum atomic E-state index is 12.5. The Bertz CT molecular complexity index is 977. The van der Waals surface area contributed by atoms with Gasteiger partial charge in [0, 0.05) is 49.9 Å². The van der Waals surface area contributed by atoms with Crippen molar-refractivity contribution in [2.24, 2.45) is 0 Å². The number of carbonyl (C=O) groups is 1. The van der Waals surface area contributed by atoms with Crippen molar-refractivity contribution in [2.45, 2.75) is 26.2 Å². The average molecular weight is 420 g/mol. The van der Waals surface area contributed by atoms with Crippen LogP contribution >= 0.6 is 0 Å². The molecule has 0 bridgehead atoms. The Morgan fingerprint density at radius 1 is 1.03 bits per heavy atom. The highest BCUT2D eigenvalue weighted by molar-refractivity contribution is 5.74. The molecule has 2 amide bonds. The molecule has 0 atom stereocenters. The lowest BCUT2D eigenvalue weighted by Gasteiger charge is -2.36. The smallest absolute Gasteiger partial charge is 0.317 e. The third-order valence-electron chi connectivity index (χ3n) is 5.53. The maximum absolute atomic E-state index is 12.5. The molecule has 0 unspecified atom stereocenters. The van der Waals surface area contributed by atoms with Crippen LogP contribution in [-0.2, 0) is 6.42 Å². The third-order valence-corrected chi connectivity index (χ3v) is 5.53. The topological polar surface area (TPSA) is 74.5 Å². The first-order valence-corrected chi connectivity index (χ1v) is 10.9. The number of anilines is 1. The number of urea groups is 1. The zero-order chi connectivity index (χ0) is 21.6. The van der Waals surface area contributed by atoms with Crippen molar-refractivity contribution in [1.29, 1.82) is 0 Å². The van der Waals surface area contributed by atoms with Gasteiger partial charge in [-0.15, -0.1) is 0 Å². The third kappa shape index (κ3) is 5.23. The first-order valence-electron chi connectivity index (χ1n) is 10.9. The lowest BCUT2D eigenvalue weighted by Crippen LogP contribution is -2.52. The minimum atomic E-state index is 0.0176. The van der Waals surface area contributed by atoms with E-state index in [4.69, 9.17) is 4.52 Å². The summed E-state index contributed by atoms with van der Waals surface area (Å²) >= 11 is 0. The number of benzene rings is 2. The van der Waals surface area contributed by atoms with E-state index in [1.807, 2.05) is 49.1 Å².